The number of nitrogens with one attached hydrogen (secondary N) is 1. The van der Waals surface area contributed by atoms with Gasteiger partial charge in [0.15, 0.2) is 0 Å². The van der Waals surface area contributed by atoms with Crippen LogP contribution in [0.2, 0.25) is 0 Å². The van der Waals surface area contributed by atoms with Gasteiger partial charge in [0.2, 0.25) is 0 Å². The molecule has 8 heteroatoms. The number of rotatable bonds is 5. The third kappa shape index (κ3) is 3.50. The highest BCUT2D eigenvalue weighted by atomic mass is 32.2. The van der Waals surface area contributed by atoms with Gasteiger partial charge in [0.05, 0.1) is 19.4 Å². The molecule has 1 aromatic rings. The molecule has 0 radical (unpaired) electrons. The van der Waals surface area contributed by atoms with Gasteiger partial charge < -0.3 is 9.26 Å². The van der Waals surface area contributed by atoms with E-state index in [0.717, 1.165) is 5.56 Å². The van der Waals surface area contributed by atoms with Crippen LogP contribution in [0, 0.1) is 0 Å². The van der Waals surface area contributed by atoms with Gasteiger partial charge in [-0.05, 0) is 6.42 Å². The highest BCUT2D eigenvalue weighted by Gasteiger charge is 2.23. The summed E-state index contributed by atoms with van der Waals surface area (Å²) in [6.45, 7) is 2.05. The van der Waals surface area contributed by atoms with Crippen LogP contribution in [-0.2, 0) is 21.4 Å². The fraction of sp³-hybridized carbons (Fsp3) is 0.667. The van der Waals surface area contributed by atoms with Crippen LogP contribution >= 0.6 is 0 Å². The molecular formula is C9H15N3O4S. The molecule has 1 fully saturated rings. The molecule has 17 heavy (non-hydrogen) atoms. The van der Waals surface area contributed by atoms with E-state index in [2.05, 4.69) is 14.4 Å². The Hall–Kier alpha value is -0.960. The third-order valence-corrected chi connectivity index (χ3v) is 4.11. The van der Waals surface area contributed by atoms with Crippen molar-refractivity contribution in [2.24, 2.45) is 0 Å². The van der Waals surface area contributed by atoms with Gasteiger partial charge in [-0.15, -0.1) is 0 Å². The van der Waals surface area contributed by atoms with E-state index in [-0.39, 0.29) is 0 Å². The Kier molecular flexibility index (Phi) is 4.11. The third-order valence-electron chi connectivity index (χ3n) is 2.49. The summed E-state index contributed by atoms with van der Waals surface area (Å²) in [6, 6.07) is 0. The monoisotopic (exact) mass is 261 g/mol. The zero-order valence-electron chi connectivity index (χ0n) is 9.33. The van der Waals surface area contributed by atoms with Gasteiger partial charge >= 0.3 is 0 Å². The van der Waals surface area contributed by atoms with E-state index in [1.165, 1.54) is 10.6 Å². The summed E-state index contributed by atoms with van der Waals surface area (Å²) in [5.41, 5.74) is 0.870. The van der Waals surface area contributed by atoms with E-state index in [9.17, 15) is 8.42 Å². The first kappa shape index (κ1) is 12.5. The lowest BCUT2D eigenvalue weighted by molar-refractivity contribution is 0.0725. The van der Waals surface area contributed by atoms with Crippen LogP contribution in [0.4, 0.5) is 0 Å². The Morgan fingerprint density at radius 1 is 1.41 bits per heavy atom. The van der Waals surface area contributed by atoms with Gasteiger partial charge in [-0.2, -0.15) is 12.7 Å². The van der Waals surface area contributed by atoms with E-state index in [4.69, 9.17) is 4.74 Å². The normalized spacial score (nSPS) is 18.4. The van der Waals surface area contributed by atoms with E-state index < -0.39 is 10.2 Å². The van der Waals surface area contributed by atoms with Crippen molar-refractivity contribution in [2.45, 2.75) is 6.42 Å². The lowest BCUT2D eigenvalue weighted by Gasteiger charge is -2.25. The number of ether oxygens (including phenoxy) is 1. The Bertz CT molecular complexity index is 425. The van der Waals surface area contributed by atoms with Crippen molar-refractivity contribution < 1.29 is 17.7 Å². The Labute approximate surface area is 99.9 Å². The van der Waals surface area contributed by atoms with Gasteiger partial charge in [0.25, 0.3) is 10.2 Å². The van der Waals surface area contributed by atoms with E-state index in [0.29, 0.717) is 39.3 Å². The van der Waals surface area contributed by atoms with Gasteiger partial charge in [0.1, 0.15) is 6.26 Å². The van der Waals surface area contributed by atoms with Crippen LogP contribution in [0.5, 0.6) is 0 Å². The van der Waals surface area contributed by atoms with Crippen LogP contribution in [0.25, 0.3) is 0 Å². The van der Waals surface area contributed by atoms with Crippen molar-refractivity contribution in [1.82, 2.24) is 14.2 Å². The van der Waals surface area contributed by atoms with Gasteiger partial charge in [0, 0.05) is 25.2 Å². The highest BCUT2D eigenvalue weighted by Crippen LogP contribution is 2.03. The van der Waals surface area contributed by atoms with Crippen LogP contribution in [-0.4, -0.2) is 50.7 Å². The minimum Gasteiger partial charge on any atom is -0.379 e. The lowest BCUT2D eigenvalue weighted by Crippen LogP contribution is -2.47. The standard InChI is InChI=1S/C9H15N3O4S/c13-17(14,12-3-5-15-6-4-12)11-2-1-9-7-10-16-8-9/h7-8,11H,1-6H2. The van der Waals surface area contributed by atoms with Crippen LogP contribution in [0.1, 0.15) is 5.56 Å². The summed E-state index contributed by atoms with van der Waals surface area (Å²) in [5, 5.41) is 3.55. The summed E-state index contributed by atoms with van der Waals surface area (Å²) in [4.78, 5) is 0. The number of hydrogen-bond acceptors (Lipinski definition) is 5. The molecule has 1 aliphatic rings. The maximum atomic E-state index is 11.8. The molecule has 1 aliphatic heterocycles. The molecule has 0 saturated carbocycles. The molecule has 1 aromatic heterocycles. The Morgan fingerprint density at radius 2 is 2.18 bits per heavy atom. The van der Waals surface area contributed by atoms with Crippen molar-refractivity contribution >= 4 is 10.2 Å². The summed E-state index contributed by atoms with van der Waals surface area (Å²) < 4.78 is 37.4. The molecule has 0 aliphatic carbocycles. The molecule has 0 amide bonds. The van der Waals surface area contributed by atoms with Crippen LogP contribution < -0.4 is 4.72 Å². The zero-order valence-corrected chi connectivity index (χ0v) is 10.1. The van der Waals surface area contributed by atoms with Gasteiger partial charge in [-0.1, -0.05) is 5.16 Å². The maximum absolute atomic E-state index is 11.8. The second-order valence-corrected chi connectivity index (χ2v) is 5.45. The first-order valence-electron chi connectivity index (χ1n) is 5.39. The van der Waals surface area contributed by atoms with Crippen molar-refractivity contribution in [3.05, 3.63) is 18.0 Å². The first-order valence-corrected chi connectivity index (χ1v) is 6.83. The Morgan fingerprint density at radius 3 is 2.82 bits per heavy atom. The summed E-state index contributed by atoms with van der Waals surface area (Å²) in [5.74, 6) is 0. The van der Waals surface area contributed by atoms with E-state index in [1.54, 1.807) is 6.20 Å². The maximum Gasteiger partial charge on any atom is 0.279 e. The lowest BCUT2D eigenvalue weighted by atomic mass is 10.3. The fourth-order valence-electron chi connectivity index (χ4n) is 1.55. The van der Waals surface area contributed by atoms with Crippen molar-refractivity contribution in [1.29, 1.82) is 0 Å². The average molecular weight is 261 g/mol. The molecule has 0 atom stereocenters. The minimum atomic E-state index is -3.38. The molecule has 0 bridgehead atoms. The minimum absolute atomic E-state index is 0.334. The second kappa shape index (κ2) is 5.58. The molecule has 0 unspecified atom stereocenters. The van der Waals surface area contributed by atoms with E-state index >= 15 is 0 Å². The highest BCUT2D eigenvalue weighted by molar-refractivity contribution is 7.87. The molecule has 2 rings (SSSR count). The van der Waals surface area contributed by atoms with Crippen molar-refractivity contribution in [2.75, 3.05) is 32.8 Å². The van der Waals surface area contributed by atoms with Crippen LogP contribution in [0.15, 0.2) is 17.0 Å². The Balaban J connectivity index is 1.80. The van der Waals surface area contributed by atoms with Crippen LogP contribution in [0.3, 0.4) is 0 Å². The largest absolute Gasteiger partial charge is 0.379 e. The SMILES string of the molecule is O=S(=O)(NCCc1cnoc1)N1CCOCC1. The van der Waals surface area contributed by atoms with Crippen molar-refractivity contribution in [3.63, 3.8) is 0 Å². The first-order chi connectivity index (χ1) is 8.18. The summed E-state index contributed by atoms with van der Waals surface area (Å²) in [6.07, 6.45) is 3.64. The summed E-state index contributed by atoms with van der Waals surface area (Å²) in [7, 11) is -3.38. The van der Waals surface area contributed by atoms with Gasteiger partial charge in [-0.3, -0.25) is 0 Å². The molecule has 96 valence electrons. The molecule has 1 saturated heterocycles. The van der Waals surface area contributed by atoms with Crippen molar-refractivity contribution in [3.8, 4) is 0 Å². The fourth-order valence-corrected chi connectivity index (χ4v) is 2.73. The van der Waals surface area contributed by atoms with Gasteiger partial charge in [-0.25, -0.2) is 4.72 Å². The zero-order chi connectivity index (χ0) is 12.1. The predicted molar refractivity (Wildman–Crippen MR) is 59.5 cm³/mol. The number of hydrogen-bond donors (Lipinski definition) is 1. The number of morpholine rings is 1. The average Bonchev–Trinajstić information content (AvgIpc) is 2.83. The smallest absolute Gasteiger partial charge is 0.279 e. The molecule has 7 nitrogen and oxygen atoms in total. The van der Waals surface area contributed by atoms with E-state index in [1.807, 2.05) is 0 Å². The number of aromatic nitrogens is 1. The number of nitrogens with zero attached hydrogens (tertiary/aromatic N) is 2. The summed E-state index contributed by atoms with van der Waals surface area (Å²) >= 11 is 0. The second-order valence-electron chi connectivity index (χ2n) is 3.69. The molecular weight excluding hydrogens is 246 g/mol. The predicted octanol–water partition coefficient (Wildman–Crippen LogP) is -0.616. The molecule has 2 heterocycles. The molecule has 0 spiro atoms. The molecule has 0 aromatic carbocycles. The topological polar surface area (TPSA) is 84.7 Å². The molecule has 1 N–H and O–H groups in total. The quantitative estimate of drug-likeness (QED) is 0.764.